The molecule has 0 bridgehead atoms. The van der Waals surface area contributed by atoms with Crippen molar-refractivity contribution in [1.29, 1.82) is 0 Å². The first-order valence-electron chi connectivity index (χ1n) is 6.88. The summed E-state index contributed by atoms with van der Waals surface area (Å²) in [6.07, 6.45) is 2.17. The summed E-state index contributed by atoms with van der Waals surface area (Å²) in [6.45, 7) is 12.1. The van der Waals surface area contributed by atoms with E-state index in [-0.39, 0.29) is 11.4 Å². The number of nitrogens with zero attached hydrogens (tertiary/aromatic N) is 1. The Labute approximate surface area is 130 Å². The van der Waals surface area contributed by atoms with Gasteiger partial charge in [0.1, 0.15) is 0 Å². The number of anilines is 1. The van der Waals surface area contributed by atoms with Crippen molar-refractivity contribution in [2.24, 2.45) is 0 Å². The van der Waals surface area contributed by atoms with E-state index < -0.39 is 4.32 Å². The van der Waals surface area contributed by atoms with Gasteiger partial charge >= 0.3 is 0 Å². The molecule has 0 saturated heterocycles. The van der Waals surface area contributed by atoms with Gasteiger partial charge in [-0.15, -0.1) is 0 Å². The molecule has 0 radical (unpaired) electrons. The molecule has 0 saturated carbocycles. The Hall–Kier alpha value is -1.09. The molecule has 0 atom stereocenters. The van der Waals surface area contributed by atoms with Crippen molar-refractivity contribution in [1.82, 2.24) is 0 Å². The normalized spacial score (nSPS) is 17.6. The predicted molar refractivity (Wildman–Crippen MR) is 89.4 cm³/mol. The molecule has 0 N–H and O–H groups in total. The number of fused-ring (bicyclic) bond motifs is 1. The Morgan fingerprint density at radius 1 is 1.25 bits per heavy atom. The molecule has 0 aromatic heterocycles. The van der Waals surface area contributed by atoms with Crippen molar-refractivity contribution in [2.75, 3.05) is 4.90 Å². The highest BCUT2D eigenvalue weighted by Crippen LogP contribution is 2.41. The maximum Gasteiger partial charge on any atom is 0.244 e. The molecule has 0 unspecified atom stereocenters. The van der Waals surface area contributed by atoms with Crippen LogP contribution in [0.4, 0.5) is 5.69 Å². The average molecular weight is 336 g/mol. The van der Waals surface area contributed by atoms with Crippen LogP contribution in [-0.4, -0.2) is 15.8 Å². The van der Waals surface area contributed by atoms with Crippen LogP contribution in [0.1, 0.15) is 45.7 Å². The second kappa shape index (κ2) is 4.73. The fourth-order valence-electron chi connectivity index (χ4n) is 2.78. The van der Waals surface area contributed by atoms with Gasteiger partial charge in [-0.2, -0.15) is 0 Å². The number of alkyl halides is 1. The van der Waals surface area contributed by atoms with Crippen LogP contribution in [0.2, 0.25) is 0 Å². The van der Waals surface area contributed by atoms with Crippen molar-refractivity contribution >= 4 is 33.1 Å². The zero-order chi connectivity index (χ0) is 15.3. The van der Waals surface area contributed by atoms with Crippen molar-refractivity contribution < 1.29 is 4.79 Å². The second-order valence-electron chi connectivity index (χ2n) is 6.61. The van der Waals surface area contributed by atoms with Crippen molar-refractivity contribution in [3.05, 3.63) is 35.4 Å². The third-order valence-electron chi connectivity index (χ3n) is 3.68. The van der Waals surface area contributed by atoms with E-state index in [1.165, 1.54) is 11.1 Å². The SMILES string of the molecule is CC1=CC(C)(C)N(C(=O)C(C)(C)Br)c2cc(C)ccc21. The smallest absolute Gasteiger partial charge is 0.244 e. The monoisotopic (exact) mass is 335 g/mol. The maximum absolute atomic E-state index is 12.9. The third kappa shape index (κ3) is 2.56. The number of hydrogen-bond donors (Lipinski definition) is 0. The lowest BCUT2D eigenvalue weighted by Gasteiger charge is -2.44. The van der Waals surface area contributed by atoms with E-state index in [1.807, 2.05) is 18.7 Å². The molecule has 1 aliphatic rings. The summed E-state index contributed by atoms with van der Waals surface area (Å²) in [5.74, 6) is 0.0816. The molecular formula is C17H22BrNO. The summed E-state index contributed by atoms with van der Waals surface area (Å²) < 4.78 is -0.579. The Bertz CT molecular complexity index is 593. The number of carbonyl (C=O) groups is 1. The number of benzene rings is 1. The van der Waals surface area contributed by atoms with Gasteiger partial charge in [0.2, 0.25) is 5.91 Å². The standard InChI is InChI=1S/C17H22BrNO/c1-11-7-8-13-12(2)10-16(3,4)19(14(13)9-11)15(20)17(5,6)18/h7-10H,1-6H3. The Balaban J connectivity index is 2.68. The predicted octanol–water partition coefficient (Wildman–Crippen LogP) is 4.70. The zero-order valence-electron chi connectivity index (χ0n) is 13.0. The van der Waals surface area contributed by atoms with Crippen LogP contribution in [0, 0.1) is 6.92 Å². The Kier molecular flexibility index (Phi) is 3.62. The molecule has 3 heteroatoms. The van der Waals surface area contributed by atoms with Crippen molar-refractivity contribution in [3.63, 3.8) is 0 Å². The molecule has 0 fully saturated rings. The summed E-state index contributed by atoms with van der Waals surface area (Å²) >= 11 is 3.50. The maximum atomic E-state index is 12.9. The summed E-state index contributed by atoms with van der Waals surface area (Å²) in [7, 11) is 0. The number of amides is 1. The quantitative estimate of drug-likeness (QED) is 0.681. The highest BCUT2D eigenvalue weighted by Gasteiger charge is 2.40. The molecule has 0 spiro atoms. The van der Waals surface area contributed by atoms with E-state index >= 15 is 0 Å². The minimum atomic E-state index is -0.579. The topological polar surface area (TPSA) is 20.3 Å². The minimum Gasteiger partial charge on any atom is -0.302 e. The van der Waals surface area contributed by atoms with Crippen LogP contribution in [0.15, 0.2) is 24.3 Å². The average Bonchev–Trinajstić information content (AvgIpc) is 2.25. The van der Waals surface area contributed by atoms with E-state index in [0.29, 0.717) is 0 Å². The van der Waals surface area contributed by atoms with Gasteiger partial charge in [-0.25, -0.2) is 0 Å². The van der Waals surface area contributed by atoms with Gasteiger partial charge < -0.3 is 4.90 Å². The Morgan fingerprint density at radius 3 is 2.40 bits per heavy atom. The van der Waals surface area contributed by atoms with E-state index in [1.54, 1.807) is 0 Å². The van der Waals surface area contributed by atoms with Crippen molar-refractivity contribution in [3.8, 4) is 0 Å². The van der Waals surface area contributed by atoms with Crippen LogP contribution >= 0.6 is 15.9 Å². The summed E-state index contributed by atoms with van der Waals surface area (Å²) in [4.78, 5) is 14.8. The molecule has 1 aromatic carbocycles. The first-order valence-corrected chi connectivity index (χ1v) is 7.67. The van der Waals surface area contributed by atoms with Crippen LogP contribution in [0.5, 0.6) is 0 Å². The van der Waals surface area contributed by atoms with Gasteiger partial charge in [-0.3, -0.25) is 4.79 Å². The second-order valence-corrected chi connectivity index (χ2v) is 8.60. The van der Waals surface area contributed by atoms with E-state index in [9.17, 15) is 4.79 Å². The molecule has 108 valence electrons. The van der Waals surface area contributed by atoms with Crippen LogP contribution in [0.25, 0.3) is 5.57 Å². The van der Waals surface area contributed by atoms with Crippen LogP contribution in [0.3, 0.4) is 0 Å². The van der Waals surface area contributed by atoms with Gasteiger partial charge in [-0.05, 0) is 58.7 Å². The van der Waals surface area contributed by atoms with Gasteiger partial charge in [0.15, 0.2) is 0 Å². The molecular weight excluding hydrogens is 314 g/mol. The van der Waals surface area contributed by atoms with Crippen LogP contribution in [-0.2, 0) is 4.79 Å². The van der Waals surface area contributed by atoms with Gasteiger partial charge in [-0.1, -0.05) is 34.1 Å². The third-order valence-corrected chi connectivity index (χ3v) is 4.02. The van der Waals surface area contributed by atoms with E-state index in [4.69, 9.17) is 0 Å². The summed E-state index contributed by atoms with van der Waals surface area (Å²) in [5, 5.41) is 0. The zero-order valence-corrected chi connectivity index (χ0v) is 14.6. The number of halogens is 1. The van der Waals surface area contributed by atoms with Gasteiger partial charge in [0, 0.05) is 5.56 Å². The first-order chi connectivity index (χ1) is 9.04. The number of carbonyl (C=O) groups excluding carboxylic acids is 1. The number of allylic oxidation sites excluding steroid dienone is 1. The van der Waals surface area contributed by atoms with Crippen molar-refractivity contribution in [2.45, 2.75) is 51.4 Å². The lowest BCUT2D eigenvalue weighted by atomic mass is 9.87. The van der Waals surface area contributed by atoms with Gasteiger partial charge in [0.25, 0.3) is 0 Å². The molecule has 1 aromatic rings. The number of hydrogen-bond acceptors (Lipinski definition) is 1. The number of aryl methyl sites for hydroxylation is 1. The molecule has 1 heterocycles. The molecule has 1 amide bonds. The minimum absolute atomic E-state index is 0.0816. The first kappa shape index (κ1) is 15.3. The molecule has 20 heavy (non-hydrogen) atoms. The number of rotatable bonds is 1. The van der Waals surface area contributed by atoms with Gasteiger partial charge in [0.05, 0.1) is 15.6 Å². The molecule has 1 aliphatic heterocycles. The lowest BCUT2D eigenvalue weighted by Crippen LogP contribution is -2.54. The van der Waals surface area contributed by atoms with E-state index in [0.717, 1.165) is 11.3 Å². The highest BCUT2D eigenvalue weighted by atomic mass is 79.9. The molecule has 2 nitrogen and oxygen atoms in total. The van der Waals surface area contributed by atoms with E-state index in [2.05, 4.69) is 67.9 Å². The summed E-state index contributed by atoms with van der Waals surface area (Å²) in [6, 6.07) is 6.30. The highest BCUT2D eigenvalue weighted by molar-refractivity contribution is 9.10. The molecule has 2 rings (SSSR count). The fraction of sp³-hybridized carbons (Fsp3) is 0.471. The molecule has 0 aliphatic carbocycles. The Morgan fingerprint density at radius 2 is 1.85 bits per heavy atom. The summed E-state index contributed by atoms with van der Waals surface area (Å²) in [5.41, 5.74) is 4.21. The fourth-order valence-corrected chi connectivity index (χ4v) is 2.96. The van der Waals surface area contributed by atoms with Crippen LogP contribution < -0.4 is 4.90 Å². The lowest BCUT2D eigenvalue weighted by molar-refractivity contribution is -0.120. The largest absolute Gasteiger partial charge is 0.302 e.